The number of imidazole rings is 1. The van der Waals surface area contributed by atoms with E-state index in [0.29, 0.717) is 11.9 Å². The maximum absolute atomic E-state index is 6.10. The molecule has 0 saturated carbocycles. The summed E-state index contributed by atoms with van der Waals surface area (Å²) in [4.78, 5) is 4.50. The molecule has 1 heterocycles. The van der Waals surface area contributed by atoms with Crippen LogP contribution in [0.3, 0.4) is 0 Å². The van der Waals surface area contributed by atoms with Crippen molar-refractivity contribution in [2.75, 3.05) is 5.73 Å². The van der Waals surface area contributed by atoms with Gasteiger partial charge in [0.15, 0.2) is 0 Å². The molecule has 0 amide bonds. The van der Waals surface area contributed by atoms with E-state index in [-0.39, 0.29) is 0 Å². The van der Waals surface area contributed by atoms with Crippen LogP contribution in [0.25, 0.3) is 11.0 Å². The predicted molar refractivity (Wildman–Crippen MR) is 88.4 cm³/mol. The van der Waals surface area contributed by atoms with Crippen LogP contribution in [0, 0.1) is 6.92 Å². The molecule has 0 aliphatic carbocycles. The molecule has 0 aliphatic heterocycles. The molecule has 108 valence electrons. The number of aryl methyl sites for hydroxylation is 2. The Bertz CT molecular complexity index is 744. The van der Waals surface area contributed by atoms with Gasteiger partial charge in [0.25, 0.3) is 0 Å². The van der Waals surface area contributed by atoms with Gasteiger partial charge in [-0.1, -0.05) is 49.4 Å². The summed E-state index contributed by atoms with van der Waals surface area (Å²) >= 11 is 0. The number of hydrogen-bond donors (Lipinski definition) is 1. The zero-order valence-corrected chi connectivity index (χ0v) is 12.6. The lowest BCUT2D eigenvalue weighted by molar-refractivity contribution is 0.590. The monoisotopic (exact) mass is 279 g/mol. The van der Waals surface area contributed by atoms with Gasteiger partial charge in [0, 0.05) is 6.54 Å². The van der Waals surface area contributed by atoms with Crippen LogP contribution in [-0.2, 0) is 6.54 Å². The minimum absolute atomic E-state index is 0.507. The number of fused-ring (bicyclic) bond motifs is 1. The molecule has 1 atom stereocenters. The standard InChI is InChI=1S/C18H21N3/c1-13(15-8-4-3-5-9-15)11-12-21-16-10-6-7-14(2)17(16)20-18(21)19/h3-10,13H,11-12H2,1-2H3,(H2,19,20). The Labute approximate surface area is 125 Å². The third-order valence-corrected chi connectivity index (χ3v) is 4.16. The Balaban J connectivity index is 1.83. The second-order valence-electron chi connectivity index (χ2n) is 5.66. The van der Waals surface area contributed by atoms with Gasteiger partial charge in [-0.25, -0.2) is 4.98 Å². The fourth-order valence-electron chi connectivity index (χ4n) is 2.81. The van der Waals surface area contributed by atoms with Crippen molar-refractivity contribution in [2.45, 2.75) is 32.7 Å². The highest BCUT2D eigenvalue weighted by Gasteiger charge is 2.11. The van der Waals surface area contributed by atoms with Crippen molar-refractivity contribution in [3.8, 4) is 0 Å². The minimum Gasteiger partial charge on any atom is -0.369 e. The Morgan fingerprint density at radius 2 is 1.86 bits per heavy atom. The number of nitrogens with two attached hydrogens (primary N) is 1. The minimum atomic E-state index is 0.507. The molecular formula is C18H21N3. The van der Waals surface area contributed by atoms with Crippen molar-refractivity contribution in [2.24, 2.45) is 0 Å². The molecule has 0 spiro atoms. The smallest absolute Gasteiger partial charge is 0.201 e. The number of para-hydroxylation sites is 1. The third kappa shape index (κ3) is 2.64. The van der Waals surface area contributed by atoms with Gasteiger partial charge < -0.3 is 10.3 Å². The van der Waals surface area contributed by atoms with E-state index >= 15 is 0 Å². The fourth-order valence-corrected chi connectivity index (χ4v) is 2.81. The molecule has 2 N–H and O–H groups in total. The summed E-state index contributed by atoms with van der Waals surface area (Å²) in [6.07, 6.45) is 1.05. The van der Waals surface area contributed by atoms with Crippen LogP contribution in [0.4, 0.5) is 5.95 Å². The van der Waals surface area contributed by atoms with Gasteiger partial charge in [0.05, 0.1) is 11.0 Å². The second kappa shape index (κ2) is 5.60. The summed E-state index contributed by atoms with van der Waals surface area (Å²) in [5, 5.41) is 0. The number of nitrogens with zero attached hydrogens (tertiary/aromatic N) is 2. The van der Waals surface area contributed by atoms with Gasteiger partial charge in [0.1, 0.15) is 0 Å². The van der Waals surface area contributed by atoms with Gasteiger partial charge in [-0.2, -0.15) is 0 Å². The number of rotatable bonds is 4. The van der Waals surface area contributed by atoms with Crippen LogP contribution in [0.5, 0.6) is 0 Å². The Morgan fingerprint density at radius 3 is 2.62 bits per heavy atom. The van der Waals surface area contributed by atoms with Crippen molar-refractivity contribution in [1.29, 1.82) is 0 Å². The third-order valence-electron chi connectivity index (χ3n) is 4.16. The Kier molecular flexibility index (Phi) is 3.65. The maximum Gasteiger partial charge on any atom is 0.201 e. The predicted octanol–water partition coefficient (Wildman–Crippen LogP) is 4.12. The van der Waals surface area contributed by atoms with E-state index in [0.717, 1.165) is 24.0 Å². The van der Waals surface area contributed by atoms with Crippen LogP contribution in [0.15, 0.2) is 48.5 Å². The zero-order valence-electron chi connectivity index (χ0n) is 12.6. The normalized spacial score (nSPS) is 12.7. The molecule has 0 aliphatic rings. The van der Waals surface area contributed by atoms with Crippen molar-refractivity contribution < 1.29 is 0 Å². The van der Waals surface area contributed by atoms with Gasteiger partial charge in [-0.15, -0.1) is 0 Å². The highest BCUT2D eigenvalue weighted by atomic mass is 15.1. The first-order valence-electron chi connectivity index (χ1n) is 7.43. The van der Waals surface area contributed by atoms with Gasteiger partial charge in [-0.05, 0) is 36.5 Å². The summed E-state index contributed by atoms with van der Waals surface area (Å²) in [6, 6.07) is 16.8. The lowest BCUT2D eigenvalue weighted by Gasteiger charge is -2.13. The molecule has 3 rings (SSSR count). The zero-order chi connectivity index (χ0) is 14.8. The molecule has 3 heteroatoms. The van der Waals surface area contributed by atoms with E-state index in [1.807, 2.05) is 0 Å². The number of aromatic nitrogens is 2. The first-order chi connectivity index (χ1) is 10.2. The molecule has 1 unspecified atom stereocenters. The van der Waals surface area contributed by atoms with Crippen LogP contribution in [0.2, 0.25) is 0 Å². The molecule has 1 aromatic heterocycles. The summed E-state index contributed by atoms with van der Waals surface area (Å²) in [6.45, 7) is 5.23. The largest absolute Gasteiger partial charge is 0.369 e. The first kappa shape index (κ1) is 13.7. The molecule has 21 heavy (non-hydrogen) atoms. The van der Waals surface area contributed by atoms with E-state index in [1.54, 1.807) is 0 Å². The first-order valence-corrected chi connectivity index (χ1v) is 7.43. The van der Waals surface area contributed by atoms with Gasteiger partial charge in [-0.3, -0.25) is 0 Å². The van der Waals surface area contributed by atoms with Crippen LogP contribution in [-0.4, -0.2) is 9.55 Å². The average Bonchev–Trinajstić information content (AvgIpc) is 2.83. The number of benzene rings is 2. The quantitative estimate of drug-likeness (QED) is 0.780. The van der Waals surface area contributed by atoms with Crippen LogP contribution >= 0.6 is 0 Å². The van der Waals surface area contributed by atoms with Crippen molar-refractivity contribution in [3.63, 3.8) is 0 Å². The number of nitrogen functional groups attached to an aromatic ring is 1. The molecular weight excluding hydrogens is 258 g/mol. The SMILES string of the molecule is Cc1cccc2c1nc(N)n2CCC(C)c1ccccc1. The fraction of sp³-hybridized carbons (Fsp3) is 0.278. The Hall–Kier alpha value is -2.29. The molecule has 2 aromatic carbocycles. The van der Waals surface area contributed by atoms with E-state index in [1.165, 1.54) is 11.1 Å². The number of hydrogen-bond acceptors (Lipinski definition) is 2. The molecule has 0 fully saturated rings. The number of anilines is 1. The summed E-state index contributed by atoms with van der Waals surface area (Å²) in [5.74, 6) is 1.12. The van der Waals surface area contributed by atoms with Crippen molar-refractivity contribution in [3.05, 3.63) is 59.7 Å². The van der Waals surface area contributed by atoms with E-state index < -0.39 is 0 Å². The van der Waals surface area contributed by atoms with Crippen molar-refractivity contribution >= 4 is 17.0 Å². The van der Waals surface area contributed by atoms with Crippen LogP contribution < -0.4 is 5.73 Å². The van der Waals surface area contributed by atoms with E-state index in [9.17, 15) is 0 Å². The molecule has 0 saturated heterocycles. The highest BCUT2D eigenvalue weighted by Crippen LogP contribution is 2.24. The Morgan fingerprint density at radius 1 is 1.10 bits per heavy atom. The average molecular weight is 279 g/mol. The lowest BCUT2D eigenvalue weighted by Crippen LogP contribution is -2.06. The van der Waals surface area contributed by atoms with E-state index in [2.05, 4.69) is 71.9 Å². The summed E-state index contributed by atoms with van der Waals surface area (Å²) in [7, 11) is 0. The van der Waals surface area contributed by atoms with Crippen molar-refractivity contribution in [1.82, 2.24) is 9.55 Å². The van der Waals surface area contributed by atoms with Gasteiger partial charge >= 0.3 is 0 Å². The molecule has 0 radical (unpaired) electrons. The lowest BCUT2D eigenvalue weighted by atomic mass is 9.98. The second-order valence-corrected chi connectivity index (χ2v) is 5.66. The van der Waals surface area contributed by atoms with Crippen LogP contribution in [0.1, 0.15) is 30.4 Å². The topological polar surface area (TPSA) is 43.8 Å². The van der Waals surface area contributed by atoms with E-state index in [4.69, 9.17) is 5.73 Å². The molecule has 0 bridgehead atoms. The summed E-state index contributed by atoms with van der Waals surface area (Å²) < 4.78 is 2.13. The molecule has 3 aromatic rings. The summed E-state index contributed by atoms with van der Waals surface area (Å²) in [5.41, 5.74) is 10.8. The maximum atomic E-state index is 6.10. The highest BCUT2D eigenvalue weighted by molar-refractivity contribution is 5.81. The van der Waals surface area contributed by atoms with Gasteiger partial charge in [0.2, 0.25) is 5.95 Å². The molecule has 3 nitrogen and oxygen atoms in total.